The Bertz CT molecular complexity index is 1430. The second-order valence-corrected chi connectivity index (χ2v) is 13.3. The van der Waals surface area contributed by atoms with Crippen molar-refractivity contribution in [2.45, 2.75) is 31.1 Å². The average molecular weight is 550 g/mol. The van der Waals surface area contributed by atoms with Crippen molar-refractivity contribution >= 4 is 54.6 Å². The van der Waals surface area contributed by atoms with Crippen LogP contribution >= 0.6 is 11.6 Å². The summed E-state index contributed by atoms with van der Waals surface area (Å²) in [5.74, 6) is -0.574. The Morgan fingerprint density at radius 1 is 0.833 bits per heavy atom. The number of amides is 1. The Kier molecular flexibility index (Phi) is 8.02. The van der Waals surface area contributed by atoms with Gasteiger partial charge in [-0.3, -0.25) is 13.8 Å². The minimum atomic E-state index is -3.85. The van der Waals surface area contributed by atoms with E-state index in [2.05, 4.69) is 10.0 Å². The van der Waals surface area contributed by atoms with Crippen LogP contribution in [0.5, 0.6) is 0 Å². The standard InChI is InChI=1S/C25H28ClN3O5S2/c1-25(2,3)18-5-13-22(14-6-18)29(35(4,31)32)17-24(30)27-20-11-15-23(16-12-20)36(33,34)28-21-9-7-19(26)8-10-21/h5-16,28H,17H2,1-4H3,(H,27,30). The molecule has 0 fully saturated rings. The van der Waals surface area contributed by atoms with Gasteiger partial charge in [-0.1, -0.05) is 44.5 Å². The Morgan fingerprint density at radius 3 is 1.86 bits per heavy atom. The zero-order valence-electron chi connectivity index (χ0n) is 20.3. The number of halogens is 1. The van der Waals surface area contributed by atoms with Crippen LogP contribution in [0.2, 0.25) is 5.02 Å². The lowest BCUT2D eigenvalue weighted by Crippen LogP contribution is -2.37. The third-order valence-electron chi connectivity index (χ3n) is 5.25. The third kappa shape index (κ3) is 7.22. The van der Waals surface area contributed by atoms with E-state index in [4.69, 9.17) is 11.6 Å². The monoisotopic (exact) mass is 549 g/mol. The van der Waals surface area contributed by atoms with Crippen LogP contribution in [0.1, 0.15) is 26.3 Å². The minimum absolute atomic E-state index is 0.00727. The average Bonchev–Trinajstić information content (AvgIpc) is 2.78. The minimum Gasteiger partial charge on any atom is -0.325 e. The van der Waals surface area contributed by atoms with Gasteiger partial charge in [0.15, 0.2) is 0 Å². The number of nitrogens with zero attached hydrogens (tertiary/aromatic N) is 1. The lowest BCUT2D eigenvalue weighted by molar-refractivity contribution is -0.114. The molecule has 0 atom stereocenters. The van der Waals surface area contributed by atoms with Gasteiger partial charge >= 0.3 is 0 Å². The quantitative estimate of drug-likeness (QED) is 0.417. The van der Waals surface area contributed by atoms with Gasteiger partial charge in [0.2, 0.25) is 15.9 Å². The molecule has 0 aliphatic carbocycles. The van der Waals surface area contributed by atoms with Gasteiger partial charge in [-0.15, -0.1) is 0 Å². The van der Waals surface area contributed by atoms with Gasteiger partial charge in [0.25, 0.3) is 10.0 Å². The number of hydrogen-bond acceptors (Lipinski definition) is 5. The Labute approximate surface area is 217 Å². The summed E-state index contributed by atoms with van der Waals surface area (Å²) in [6.07, 6.45) is 1.03. The van der Waals surface area contributed by atoms with E-state index in [0.29, 0.717) is 22.1 Å². The summed E-state index contributed by atoms with van der Waals surface area (Å²) < 4.78 is 53.5. The molecule has 11 heteroatoms. The van der Waals surface area contributed by atoms with Crippen LogP contribution < -0.4 is 14.3 Å². The molecular formula is C25H28ClN3O5S2. The molecule has 0 bridgehead atoms. The van der Waals surface area contributed by atoms with Crippen molar-refractivity contribution in [3.63, 3.8) is 0 Å². The third-order valence-corrected chi connectivity index (χ3v) is 8.04. The number of carbonyl (C=O) groups excluding carboxylic acids is 1. The molecule has 0 heterocycles. The molecule has 3 aromatic carbocycles. The van der Waals surface area contributed by atoms with E-state index in [1.54, 1.807) is 36.4 Å². The Balaban J connectivity index is 1.71. The summed E-state index contributed by atoms with van der Waals surface area (Å²) in [5.41, 5.74) is 1.98. The summed E-state index contributed by atoms with van der Waals surface area (Å²) in [6.45, 7) is 5.71. The molecule has 0 spiro atoms. The summed E-state index contributed by atoms with van der Waals surface area (Å²) >= 11 is 5.82. The molecule has 1 amide bonds. The van der Waals surface area contributed by atoms with Gasteiger partial charge in [0.05, 0.1) is 16.8 Å². The molecule has 3 aromatic rings. The number of benzene rings is 3. The van der Waals surface area contributed by atoms with Crippen LogP contribution in [0.4, 0.5) is 17.1 Å². The molecule has 0 saturated carbocycles. The van der Waals surface area contributed by atoms with Crippen molar-refractivity contribution < 1.29 is 21.6 Å². The lowest BCUT2D eigenvalue weighted by atomic mass is 9.87. The van der Waals surface area contributed by atoms with Gasteiger partial charge in [-0.25, -0.2) is 16.8 Å². The van der Waals surface area contributed by atoms with Crippen molar-refractivity contribution in [1.82, 2.24) is 0 Å². The highest BCUT2D eigenvalue weighted by Gasteiger charge is 2.22. The zero-order chi connectivity index (χ0) is 26.7. The number of sulfonamides is 2. The molecular weight excluding hydrogens is 522 g/mol. The van der Waals surface area contributed by atoms with Crippen molar-refractivity contribution in [3.8, 4) is 0 Å². The summed E-state index contributed by atoms with van der Waals surface area (Å²) in [5, 5.41) is 3.09. The van der Waals surface area contributed by atoms with E-state index < -0.39 is 32.5 Å². The van der Waals surface area contributed by atoms with Crippen LogP contribution in [-0.2, 0) is 30.3 Å². The fraction of sp³-hybridized carbons (Fsp3) is 0.240. The molecule has 36 heavy (non-hydrogen) atoms. The highest BCUT2D eigenvalue weighted by molar-refractivity contribution is 7.92. The van der Waals surface area contributed by atoms with Crippen molar-refractivity contribution in [2.75, 3.05) is 27.1 Å². The van der Waals surface area contributed by atoms with E-state index in [1.165, 1.54) is 24.3 Å². The zero-order valence-corrected chi connectivity index (χ0v) is 22.7. The molecule has 192 valence electrons. The van der Waals surface area contributed by atoms with Crippen LogP contribution in [0.3, 0.4) is 0 Å². The fourth-order valence-corrected chi connectivity index (χ4v) is 5.35. The van der Waals surface area contributed by atoms with Crippen LogP contribution in [0, 0.1) is 0 Å². The predicted octanol–water partition coefficient (Wildman–Crippen LogP) is 4.84. The largest absolute Gasteiger partial charge is 0.325 e. The summed E-state index contributed by atoms with van der Waals surface area (Å²) in [6, 6.07) is 18.8. The molecule has 0 radical (unpaired) electrons. The first-order valence-corrected chi connectivity index (χ1v) is 14.6. The van der Waals surface area contributed by atoms with Crippen LogP contribution in [-0.4, -0.2) is 35.5 Å². The molecule has 2 N–H and O–H groups in total. The highest BCUT2D eigenvalue weighted by atomic mass is 35.5. The van der Waals surface area contributed by atoms with E-state index >= 15 is 0 Å². The fourth-order valence-electron chi connectivity index (χ4n) is 3.31. The van der Waals surface area contributed by atoms with Crippen molar-refractivity contribution in [1.29, 1.82) is 0 Å². The van der Waals surface area contributed by atoms with E-state index in [9.17, 15) is 21.6 Å². The van der Waals surface area contributed by atoms with E-state index in [-0.39, 0.29) is 10.3 Å². The molecule has 3 rings (SSSR count). The SMILES string of the molecule is CC(C)(C)c1ccc(N(CC(=O)Nc2ccc(S(=O)(=O)Nc3ccc(Cl)cc3)cc2)S(C)(=O)=O)cc1. The molecule has 0 saturated heterocycles. The second-order valence-electron chi connectivity index (χ2n) is 9.25. The summed E-state index contributed by atoms with van der Waals surface area (Å²) in [7, 11) is -7.59. The first-order valence-electron chi connectivity index (χ1n) is 10.9. The Morgan fingerprint density at radius 2 is 1.36 bits per heavy atom. The lowest BCUT2D eigenvalue weighted by Gasteiger charge is -2.24. The smallest absolute Gasteiger partial charge is 0.261 e. The van der Waals surface area contributed by atoms with E-state index in [1.807, 2.05) is 32.9 Å². The maximum atomic E-state index is 12.7. The molecule has 0 unspecified atom stereocenters. The van der Waals surface area contributed by atoms with Gasteiger partial charge in [0, 0.05) is 16.4 Å². The number of nitrogens with one attached hydrogen (secondary N) is 2. The predicted molar refractivity (Wildman–Crippen MR) is 145 cm³/mol. The Hall–Kier alpha value is -3.08. The van der Waals surface area contributed by atoms with E-state index in [0.717, 1.165) is 16.1 Å². The number of carbonyl (C=O) groups is 1. The summed E-state index contributed by atoms with van der Waals surface area (Å²) in [4.78, 5) is 12.7. The maximum Gasteiger partial charge on any atom is 0.261 e. The number of hydrogen-bond donors (Lipinski definition) is 2. The molecule has 8 nitrogen and oxygen atoms in total. The van der Waals surface area contributed by atoms with Gasteiger partial charge < -0.3 is 5.32 Å². The topological polar surface area (TPSA) is 113 Å². The highest BCUT2D eigenvalue weighted by Crippen LogP contribution is 2.26. The maximum absolute atomic E-state index is 12.7. The molecule has 0 aliphatic rings. The van der Waals surface area contributed by atoms with Crippen molar-refractivity contribution in [3.05, 3.63) is 83.4 Å². The molecule has 0 aromatic heterocycles. The second kappa shape index (κ2) is 10.5. The van der Waals surface area contributed by atoms with Gasteiger partial charge in [0.1, 0.15) is 6.54 Å². The first kappa shape index (κ1) is 27.5. The first-order chi connectivity index (χ1) is 16.6. The van der Waals surface area contributed by atoms with Gasteiger partial charge in [-0.2, -0.15) is 0 Å². The van der Waals surface area contributed by atoms with Crippen LogP contribution in [0.25, 0.3) is 0 Å². The molecule has 0 aliphatic heterocycles. The normalized spacial score (nSPS) is 12.1. The van der Waals surface area contributed by atoms with Gasteiger partial charge in [-0.05, 0) is 71.6 Å². The van der Waals surface area contributed by atoms with Crippen LogP contribution in [0.15, 0.2) is 77.7 Å². The number of anilines is 3. The van der Waals surface area contributed by atoms with Crippen molar-refractivity contribution in [2.24, 2.45) is 0 Å². The number of rotatable bonds is 8.